The molecule has 0 saturated carbocycles. The maximum atomic E-state index is 11.7. The van der Waals surface area contributed by atoms with Gasteiger partial charge in [-0.15, -0.1) is 0 Å². The summed E-state index contributed by atoms with van der Waals surface area (Å²) in [6.45, 7) is 6.92. The molecule has 0 heterocycles. The molecule has 94 valence electrons. The second kappa shape index (κ2) is 8.47. The molecule has 0 fully saturated rings. The summed E-state index contributed by atoms with van der Waals surface area (Å²) in [4.78, 5) is 12.0. The Bertz CT molecular complexity index is 232. The van der Waals surface area contributed by atoms with Crippen molar-refractivity contribution in [2.24, 2.45) is 11.7 Å². The predicted molar refractivity (Wildman–Crippen MR) is 69.3 cm³/mol. The van der Waals surface area contributed by atoms with Gasteiger partial charge in [0.15, 0.2) is 0 Å². The normalized spacial score (nSPS) is 12.5. The SMILES string of the molecule is CCCC(C(=O)NCCOC(C)C)C(N)=S. The van der Waals surface area contributed by atoms with Gasteiger partial charge in [0.25, 0.3) is 0 Å². The highest BCUT2D eigenvalue weighted by molar-refractivity contribution is 7.80. The number of nitrogens with two attached hydrogens (primary N) is 1. The number of thiocarbonyl (C=S) groups is 1. The van der Waals surface area contributed by atoms with Crippen LogP contribution in [0.2, 0.25) is 0 Å². The van der Waals surface area contributed by atoms with Crippen molar-refractivity contribution in [3.63, 3.8) is 0 Å². The fourth-order valence-corrected chi connectivity index (χ4v) is 1.51. The van der Waals surface area contributed by atoms with E-state index in [9.17, 15) is 4.79 Å². The van der Waals surface area contributed by atoms with Crippen LogP contribution in [0.4, 0.5) is 0 Å². The quantitative estimate of drug-likeness (QED) is 0.499. The molecule has 0 radical (unpaired) electrons. The molecule has 0 spiro atoms. The van der Waals surface area contributed by atoms with Gasteiger partial charge in [-0.3, -0.25) is 4.79 Å². The van der Waals surface area contributed by atoms with Crippen LogP contribution >= 0.6 is 12.2 Å². The van der Waals surface area contributed by atoms with Gasteiger partial charge in [0.1, 0.15) is 0 Å². The second-order valence-corrected chi connectivity index (χ2v) is 4.43. The molecule has 1 amide bonds. The smallest absolute Gasteiger partial charge is 0.230 e. The molecule has 0 bridgehead atoms. The van der Waals surface area contributed by atoms with Crippen molar-refractivity contribution >= 4 is 23.1 Å². The van der Waals surface area contributed by atoms with Crippen molar-refractivity contribution in [1.29, 1.82) is 0 Å². The van der Waals surface area contributed by atoms with Crippen LogP contribution in [-0.4, -0.2) is 30.2 Å². The van der Waals surface area contributed by atoms with Gasteiger partial charge >= 0.3 is 0 Å². The maximum Gasteiger partial charge on any atom is 0.230 e. The number of hydrogen-bond acceptors (Lipinski definition) is 3. The number of nitrogens with one attached hydrogen (secondary N) is 1. The lowest BCUT2D eigenvalue weighted by Gasteiger charge is -2.15. The van der Waals surface area contributed by atoms with Crippen molar-refractivity contribution in [3.05, 3.63) is 0 Å². The van der Waals surface area contributed by atoms with E-state index in [1.807, 2.05) is 20.8 Å². The van der Waals surface area contributed by atoms with Crippen molar-refractivity contribution in [2.45, 2.75) is 39.7 Å². The molecular formula is C11H22N2O2S. The first-order valence-corrected chi connectivity index (χ1v) is 6.08. The fraction of sp³-hybridized carbons (Fsp3) is 0.818. The number of carbonyl (C=O) groups excluding carboxylic acids is 1. The summed E-state index contributed by atoms with van der Waals surface area (Å²) in [5.74, 6) is -0.444. The highest BCUT2D eigenvalue weighted by Crippen LogP contribution is 2.06. The molecule has 0 aromatic rings. The summed E-state index contributed by atoms with van der Waals surface area (Å²) < 4.78 is 5.31. The predicted octanol–water partition coefficient (Wildman–Crippen LogP) is 1.23. The van der Waals surface area contributed by atoms with E-state index in [0.717, 1.165) is 6.42 Å². The molecule has 0 saturated heterocycles. The van der Waals surface area contributed by atoms with Gasteiger partial charge < -0.3 is 15.8 Å². The lowest BCUT2D eigenvalue weighted by molar-refractivity contribution is -0.123. The first-order chi connectivity index (χ1) is 7.49. The Morgan fingerprint density at radius 1 is 1.50 bits per heavy atom. The average molecular weight is 246 g/mol. The Hall–Kier alpha value is -0.680. The zero-order chi connectivity index (χ0) is 12.6. The molecule has 0 aromatic heterocycles. The van der Waals surface area contributed by atoms with Gasteiger partial charge in [-0.1, -0.05) is 25.6 Å². The zero-order valence-corrected chi connectivity index (χ0v) is 11.1. The first kappa shape index (κ1) is 15.3. The van der Waals surface area contributed by atoms with Crippen LogP contribution in [0.5, 0.6) is 0 Å². The van der Waals surface area contributed by atoms with Gasteiger partial charge in [0.05, 0.1) is 23.6 Å². The highest BCUT2D eigenvalue weighted by atomic mass is 32.1. The van der Waals surface area contributed by atoms with Crippen molar-refractivity contribution in [2.75, 3.05) is 13.2 Å². The number of carbonyl (C=O) groups is 1. The van der Waals surface area contributed by atoms with E-state index >= 15 is 0 Å². The van der Waals surface area contributed by atoms with Crippen molar-refractivity contribution in [1.82, 2.24) is 5.32 Å². The third-order valence-corrected chi connectivity index (χ3v) is 2.37. The molecule has 16 heavy (non-hydrogen) atoms. The number of ether oxygens (including phenoxy) is 1. The van der Waals surface area contributed by atoms with E-state index in [2.05, 4.69) is 5.32 Å². The van der Waals surface area contributed by atoms with Crippen LogP contribution in [0.15, 0.2) is 0 Å². The maximum absolute atomic E-state index is 11.7. The summed E-state index contributed by atoms with van der Waals surface area (Å²) in [6.07, 6.45) is 1.77. The van der Waals surface area contributed by atoms with Gasteiger partial charge in [-0.2, -0.15) is 0 Å². The van der Waals surface area contributed by atoms with Gasteiger partial charge in [-0.25, -0.2) is 0 Å². The zero-order valence-electron chi connectivity index (χ0n) is 10.3. The van der Waals surface area contributed by atoms with Crippen molar-refractivity contribution < 1.29 is 9.53 Å². The Morgan fingerprint density at radius 3 is 2.56 bits per heavy atom. The summed E-state index contributed by atoms with van der Waals surface area (Å²) in [6, 6.07) is 0. The van der Waals surface area contributed by atoms with E-state index < -0.39 is 0 Å². The Morgan fingerprint density at radius 2 is 2.12 bits per heavy atom. The van der Waals surface area contributed by atoms with E-state index in [-0.39, 0.29) is 22.9 Å². The van der Waals surface area contributed by atoms with Gasteiger partial charge in [0.2, 0.25) is 5.91 Å². The van der Waals surface area contributed by atoms with E-state index in [1.54, 1.807) is 0 Å². The highest BCUT2D eigenvalue weighted by Gasteiger charge is 2.19. The second-order valence-electron chi connectivity index (χ2n) is 3.95. The first-order valence-electron chi connectivity index (χ1n) is 5.67. The van der Waals surface area contributed by atoms with E-state index in [0.29, 0.717) is 19.6 Å². The van der Waals surface area contributed by atoms with E-state index in [1.165, 1.54) is 0 Å². The van der Waals surface area contributed by atoms with Crippen LogP contribution in [0, 0.1) is 5.92 Å². The third-order valence-electron chi connectivity index (χ3n) is 2.09. The van der Waals surface area contributed by atoms with Crippen LogP contribution in [0.3, 0.4) is 0 Å². The standard InChI is InChI=1S/C11H22N2O2S/c1-4-5-9(10(12)16)11(14)13-6-7-15-8(2)3/h8-9H,4-7H2,1-3H3,(H2,12,16)(H,13,14). The van der Waals surface area contributed by atoms with Crippen LogP contribution < -0.4 is 11.1 Å². The Balaban J connectivity index is 3.88. The monoisotopic (exact) mass is 246 g/mol. The molecule has 4 nitrogen and oxygen atoms in total. The third kappa shape index (κ3) is 6.74. The lowest BCUT2D eigenvalue weighted by atomic mass is 10.0. The van der Waals surface area contributed by atoms with Crippen LogP contribution in [0.25, 0.3) is 0 Å². The number of hydrogen-bond donors (Lipinski definition) is 2. The van der Waals surface area contributed by atoms with Gasteiger partial charge in [-0.05, 0) is 20.3 Å². The molecule has 0 rings (SSSR count). The molecule has 1 unspecified atom stereocenters. The van der Waals surface area contributed by atoms with Crippen LogP contribution in [-0.2, 0) is 9.53 Å². The minimum absolute atomic E-state index is 0.0956. The van der Waals surface area contributed by atoms with E-state index in [4.69, 9.17) is 22.7 Å². The lowest BCUT2D eigenvalue weighted by Crippen LogP contribution is -2.39. The molecule has 5 heteroatoms. The number of rotatable bonds is 8. The topological polar surface area (TPSA) is 64.3 Å². The molecule has 0 aliphatic heterocycles. The summed E-state index contributed by atoms with van der Waals surface area (Å²) in [5.41, 5.74) is 5.52. The summed E-state index contributed by atoms with van der Waals surface area (Å²) in [7, 11) is 0. The van der Waals surface area contributed by atoms with Gasteiger partial charge in [0, 0.05) is 6.54 Å². The number of amides is 1. The molecule has 0 aromatic carbocycles. The summed E-state index contributed by atoms with van der Waals surface area (Å²) >= 11 is 4.86. The Kier molecular flexibility index (Phi) is 8.11. The van der Waals surface area contributed by atoms with Crippen molar-refractivity contribution in [3.8, 4) is 0 Å². The molecule has 1 atom stereocenters. The minimum atomic E-state index is -0.348. The molecule has 0 aliphatic rings. The average Bonchev–Trinajstić information content (AvgIpc) is 2.19. The Labute approximate surface area is 103 Å². The van der Waals surface area contributed by atoms with Crippen LogP contribution in [0.1, 0.15) is 33.6 Å². The fourth-order valence-electron chi connectivity index (χ4n) is 1.28. The molecule has 0 aliphatic carbocycles. The summed E-state index contributed by atoms with van der Waals surface area (Å²) in [5, 5.41) is 2.77. The molecule has 3 N–H and O–H groups in total. The molecular weight excluding hydrogens is 224 g/mol. The largest absolute Gasteiger partial charge is 0.393 e. The minimum Gasteiger partial charge on any atom is -0.393 e.